The first kappa shape index (κ1) is 31.0. The molecule has 0 spiro atoms. The smallest absolute Gasteiger partial charge is 0.355 e. The summed E-state index contributed by atoms with van der Waals surface area (Å²) >= 11 is 1.52. The molecule has 6 nitrogen and oxygen atoms in total. The predicted octanol–water partition coefficient (Wildman–Crippen LogP) is 7.45. The number of ketones is 1. The third kappa shape index (κ3) is 6.01. The van der Waals surface area contributed by atoms with E-state index in [4.69, 9.17) is 5.73 Å². The average Bonchev–Trinajstić information content (AvgIpc) is 3.69. The zero-order chi connectivity index (χ0) is 31.7. The molecule has 2 atom stereocenters. The molecule has 4 aromatic rings. The van der Waals surface area contributed by atoms with Crippen molar-refractivity contribution in [3.8, 4) is 21.6 Å². The molecule has 0 saturated carbocycles. The summed E-state index contributed by atoms with van der Waals surface area (Å²) in [5, 5.41) is 4.10. The number of aromatic nitrogens is 1. The van der Waals surface area contributed by atoms with E-state index >= 15 is 0 Å². The number of alkyl halides is 3. The molecule has 2 aromatic heterocycles. The van der Waals surface area contributed by atoms with Crippen LogP contribution in [0.4, 0.5) is 18.9 Å². The highest BCUT2D eigenvalue weighted by molar-refractivity contribution is 7.13. The summed E-state index contributed by atoms with van der Waals surface area (Å²) in [6.45, 7) is 1.26. The number of benzene rings is 2. The number of thiophene rings is 1. The molecule has 45 heavy (non-hydrogen) atoms. The molecule has 1 aliphatic heterocycles. The molecular formula is C35H35F3N4O2S. The summed E-state index contributed by atoms with van der Waals surface area (Å²) in [7, 11) is 0. The zero-order valence-corrected chi connectivity index (χ0v) is 25.8. The van der Waals surface area contributed by atoms with E-state index in [1.165, 1.54) is 11.3 Å². The number of unbranched alkanes of at least 4 members (excludes halogenated alkanes) is 1. The maximum Gasteiger partial charge on any atom is 0.405 e. The molecule has 10 heteroatoms. The van der Waals surface area contributed by atoms with Gasteiger partial charge in [-0.25, -0.2) is 0 Å². The molecule has 3 heterocycles. The van der Waals surface area contributed by atoms with Gasteiger partial charge in [-0.1, -0.05) is 43.7 Å². The van der Waals surface area contributed by atoms with Gasteiger partial charge in [0.05, 0.1) is 17.8 Å². The number of piperidine rings is 1. The van der Waals surface area contributed by atoms with Gasteiger partial charge in [-0.2, -0.15) is 13.2 Å². The summed E-state index contributed by atoms with van der Waals surface area (Å²) in [6, 6.07) is 16.7. The monoisotopic (exact) mass is 632 g/mol. The number of halogens is 3. The minimum Gasteiger partial charge on any atom is -0.355 e. The minimum absolute atomic E-state index is 0.255. The SMILES string of the molecule is CCCCc1c2c(cc(C(=O)c3ncccc3-c3cccs3)c1N1CCCCC1N)-c1ccccc1C2C(=O)NCC(F)(F)F. The summed E-state index contributed by atoms with van der Waals surface area (Å²) < 4.78 is 39.8. The van der Waals surface area contributed by atoms with Crippen molar-refractivity contribution in [1.29, 1.82) is 0 Å². The summed E-state index contributed by atoms with van der Waals surface area (Å²) in [4.78, 5) is 36.0. The molecule has 0 bridgehead atoms. The maximum absolute atomic E-state index is 14.8. The van der Waals surface area contributed by atoms with Crippen LogP contribution >= 0.6 is 11.3 Å². The molecule has 234 valence electrons. The highest BCUT2D eigenvalue weighted by Gasteiger charge is 2.41. The summed E-state index contributed by atoms with van der Waals surface area (Å²) in [5.41, 5.74) is 12.4. The van der Waals surface area contributed by atoms with Gasteiger partial charge in [-0.3, -0.25) is 14.6 Å². The Morgan fingerprint density at radius 2 is 1.87 bits per heavy atom. The van der Waals surface area contributed by atoms with Crippen LogP contribution in [0.5, 0.6) is 0 Å². The number of anilines is 1. The molecule has 6 rings (SSSR count). The topological polar surface area (TPSA) is 88.3 Å². The second-order valence-corrected chi connectivity index (χ2v) is 12.6. The minimum atomic E-state index is -4.55. The average molecular weight is 633 g/mol. The van der Waals surface area contributed by atoms with Crippen LogP contribution < -0.4 is 16.0 Å². The summed E-state index contributed by atoms with van der Waals surface area (Å²) in [5.74, 6) is -1.92. The van der Waals surface area contributed by atoms with E-state index in [-0.39, 0.29) is 11.9 Å². The van der Waals surface area contributed by atoms with E-state index in [0.717, 1.165) is 53.7 Å². The normalized spacial score (nSPS) is 17.6. The molecule has 1 saturated heterocycles. The number of hydrogen-bond donors (Lipinski definition) is 2. The van der Waals surface area contributed by atoms with Crippen molar-refractivity contribution in [3.63, 3.8) is 0 Å². The van der Waals surface area contributed by atoms with Gasteiger partial charge in [0, 0.05) is 28.7 Å². The first-order chi connectivity index (χ1) is 21.7. The van der Waals surface area contributed by atoms with Gasteiger partial charge in [0.2, 0.25) is 11.7 Å². The first-order valence-corrected chi connectivity index (χ1v) is 16.3. The van der Waals surface area contributed by atoms with Crippen LogP contribution in [0.2, 0.25) is 0 Å². The lowest BCUT2D eigenvalue weighted by atomic mass is 9.84. The van der Waals surface area contributed by atoms with Crippen LogP contribution in [0, 0.1) is 0 Å². The number of fused-ring (bicyclic) bond motifs is 3. The van der Waals surface area contributed by atoms with E-state index in [1.54, 1.807) is 18.3 Å². The molecule has 1 aliphatic carbocycles. The second kappa shape index (κ2) is 12.8. The predicted molar refractivity (Wildman–Crippen MR) is 172 cm³/mol. The Hall–Kier alpha value is -4.02. The van der Waals surface area contributed by atoms with Gasteiger partial charge in [0.1, 0.15) is 12.2 Å². The van der Waals surface area contributed by atoms with Crippen LogP contribution in [-0.4, -0.2) is 42.1 Å². The van der Waals surface area contributed by atoms with Gasteiger partial charge in [-0.15, -0.1) is 11.3 Å². The number of rotatable bonds is 9. The first-order valence-electron chi connectivity index (χ1n) is 15.4. The van der Waals surface area contributed by atoms with Gasteiger partial charge >= 0.3 is 6.18 Å². The number of nitrogens with one attached hydrogen (secondary N) is 1. The van der Waals surface area contributed by atoms with Crippen molar-refractivity contribution in [2.75, 3.05) is 18.0 Å². The van der Waals surface area contributed by atoms with Crippen molar-refractivity contribution in [3.05, 3.63) is 94.1 Å². The fourth-order valence-corrected chi connectivity index (χ4v) is 7.45. The lowest BCUT2D eigenvalue weighted by Gasteiger charge is -2.38. The van der Waals surface area contributed by atoms with Gasteiger partial charge < -0.3 is 16.0 Å². The van der Waals surface area contributed by atoms with Crippen molar-refractivity contribution >= 4 is 28.7 Å². The standard InChI is InChI=1S/C35H35F3N4O2S/c1-2-3-10-24-29-25(21-11-4-5-12-22(21)30(29)34(44)41-20-35(36,37)38)19-26(32(24)42-17-7-6-15-28(42)39)33(43)31-23(13-8-16-40-31)27-14-9-18-45-27/h4-5,8-9,11-14,16,18-19,28,30H,2-3,6-7,10,15,17,20,39H2,1H3,(H,41,44). The molecule has 2 aromatic carbocycles. The number of amides is 1. The van der Waals surface area contributed by atoms with Crippen LogP contribution in [0.15, 0.2) is 66.2 Å². The second-order valence-electron chi connectivity index (χ2n) is 11.6. The zero-order valence-electron chi connectivity index (χ0n) is 25.0. The maximum atomic E-state index is 14.8. The fraction of sp³-hybridized carbons (Fsp3) is 0.343. The van der Waals surface area contributed by atoms with Crippen molar-refractivity contribution in [2.45, 2.75) is 63.7 Å². The Morgan fingerprint density at radius 3 is 2.60 bits per heavy atom. The van der Waals surface area contributed by atoms with Crippen molar-refractivity contribution < 1.29 is 22.8 Å². The molecule has 2 unspecified atom stereocenters. The van der Waals surface area contributed by atoms with Crippen LogP contribution in [0.1, 0.15) is 77.7 Å². The Morgan fingerprint density at radius 1 is 1.07 bits per heavy atom. The van der Waals surface area contributed by atoms with E-state index in [1.807, 2.05) is 47.8 Å². The number of carbonyl (C=O) groups excluding carboxylic acids is 2. The fourth-order valence-electron chi connectivity index (χ4n) is 6.69. The summed E-state index contributed by atoms with van der Waals surface area (Å²) in [6.07, 6.45) is 1.41. The van der Waals surface area contributed by atoms with Crippen LogP contribution in [0.25, 0.3) is 21.6 Å². The lowest BCUT2D eigenvalue weighted by molar-refractivity contribution is -0.138. The van der Waals surface area contributed by atoms with Crippen molar-refractivity contribution in [1.82, 2.24) is 10.3 Å². The molecule has 3 N–H and O–H groups in total. The van der Waals surface area contributed by atoms with Gasteiger partial charge in [-0.05, 0) is 89.6 Å². The van der Waals surface area contributed by atoms with Gasteiger partial charge in [0.25, 0.3) is 0 Å². The van der Waals surface area contributed by atoms with E-state index in [2.05, 4.69) is 22.1 Å². The number of pyridine rings is 1. The lowest BCUT2D eigenvalue weighted by Crippen LogP contribution is -2.47. The number of nitrogens with zero attached hydrogens (tertiary/aromatic N) is 2. The Kier molecular flexibility index (Phi) is 8.79. The molecular weight excluding hydrogens is 597 g/mol. The van der Waals surface area contributed by atoms with E-state index < -0.39 is 24.5 Å². The van der Waals surface area contributed by atoms with Crippen molar-refractivity contribution in [2.24, 2.45) is 5.73 Å². The molecule has 1 fully saturated rings. The molecule has 1 amide bonds. The van der Waals surface area contributed by atoms with E-state index in [9.17, 15) is 22.8 Å². The number of hydrogen-bond acceptors (Lipinski definition) is 6. The van der Waals surface area contributed by atoms with Gasteiger partial charge in [0.15, 0.2) is 0 Å². The van der Waals surface area contributed by atoms with Crippen LogP contribution in [0.3, 0.4) is 0 Å². The Bertz CT molecular complexity index is 1720. The number of carbonyl (C=O) groups is 2. The highest BCUT2D eigenvalue weighted by Crippen LogP contribution is 2.51. The third-order valence-corrected chi connectivity index (χ3v) is 9.59. The third-order valence-electron chi connectivity index (χ3n) is 8.69. The molecule has 0 radical (unpaired) electrons. The Balaban J connectivity index is 1.62. The van der Waals surface area contributed by atoms with Crippen LogP contribution in [-0.2, 0) is 11.2 Å². The van der Waals surface area contributed by atoms with E-state index in [0.29, 0.717) is 46.6 Å². The largest absolute Gasteiger partial charge is 0.405 e. The molecule has 2 aliphatic rings. The number of nitrogens with two attached hydrogens (primary N) is 1. The quantitative estimate of drug-likeness (QED) is 0.187. The highest BCUT2D eigenvalue weighted by atomic mass is 32.1. The Labute approximate surface area is 264 Å².